The Bertz CT molecular complexity index is 574. The largest absolute Gasteiger partial charge is 0.382 e. The molecule has 1 heterocycles. The highest BCUT2D eigenvalue weighted by atomic mass is 32.1. The molecule has 1 unspecified atom stereocenters. The van der Waals surface area contributed by atoms with Gasteiger partial charge in [-0.2, -0.15) is 4.37 Å². The normalized spacial score (nSPS) is 20.2. The Balaban J connectivity index is 1.79. The molecule has 2 aromatic rings. The zero-order valence-corrected chi connectivity index (χ0v) is 12.1. The van der Waals surface area contributed by atoms with Crippen molar-refractivity contribution in [2.45, 2.75) is 20.3 Å². The fraction of sp³-hybridized carbons (Fsp3) is 0.400. The third-order valence-corrected chi connectivity index (χ3v) is 4.83. The summed E-state index contributed by atoms with van der Waals surface area (Å²) in [6, 6.07) is 10.2. The molecule has 19 heavy (non-hydrogen) atoms. The number of nitrogens with zero attached hydrogens (tertiary/aromatic N) is 1. The Morgan fingerprint density at radius 3 is 2.68 bits per heavy atom. The molecule has 4 heteroatoms. The van der Waals surface area contributed by atoms with Crippen LogP contribution in [0.25, 0.3) is 11.1 Å². The van der Waals surface area contributed by atoms with Gasteiger partial charge in [0.25, 0.3) is 0 Å². The van der Waals surface area contributed by atoms with E-state index in [0.717, 1.165) is 28.6 Å². The topological polar surface area (TPSA) is 50.9 Å². The summed E-state index contributed by atoms with van der Waals surface area (Å²) in [5.74, 6) is 1.38. The first-order valence-corrected chi connectivity index (χ1v) is 7.40. The molecule has 1 aliphatic rings. The number of hydrogen-bond donors (Lipinski definition) is 2. The van der Waals surface area contributed by atoms with Gasteiger partial charge >= 0.3 is 0 Å². The van der Waals surface area contributed by atoms with Crippen LogP contribution in [0.4, 0.5) is 10.8 Å². The molecule has 100 valence electrons. The van der Waals surface area contributed by atoms with Crippen LogP contribution in [0.3, 0.4) is 0 Å². The highest BCUT2D eigenvalue weighted by Gasteiger charge is 2.45. The first kappa shape index (κ1) is 12.5. The molecule has 1 atom stereocenters. The predicted molar refractivity (Wildman–Crippen MR) is 82.3 cm³/mol. The lowest BCUT2D eigenvalue weighted by Gasteiger charge is -2.08. The van der Waals surface area contributed by atoms with Crippen molar-refractivity contribution >= 4 is 22.4 Å². The van der Waals surface area contributed by atoms with E-state index in [2.05, 4.69) is 35.7 Å². The van der Waals surface area contributed by atoms with E-state index in [1.165, 1.54) is 18.0 Å². The summed E-state index contributed by atoms with van der Waals surface area (Å²) in [6.07, 6.45) is 1.30. The van der Waals surface area contributed by atoms with Gasteiger partial charge in [-0.3, -0.25) is 0 Å². The minimum atomic E-state index is 0.496. The molecule has 0 spiro atoms. The van der Waals surface area contributed by atoms with Crippen LogP contribution in [0.15, 0.2) is 30.3 Å². The maximum Gasteiger partial charge on any atom is 0.147 e. The van der Waals surface area contributed by atoms with Crippen molar-refractivity contribution < 1.29 is 0 Å². The Morgan fingerprint density at radius 2 is 2.05 bits per heavy atom. The molecule has 0 radical (unpaired) electrons. The van der Waals surface area contributed by atoms with Crippen LogP contribution < -0.4 is 11.1 Å². The molecule has 1 fully saturated rings. The number of nitrogens with two attached hydrogens (primary N) is 1. The summed E-state index contributed by atoms with van der Waals surface area (Å²) in [7, 11) is 0. The first-order valence-electron chi connectivity index (χ1n) is 6.62. The Hall–Kier alpha value is -1.55. The second kappa shape index (κ2) is 4.53. The van der Waals surface area contributed by atoms with Crippen molar-refractivity contribution in [3.05, 3.63) is 30.3 Å². The second-order valence-corrected chi connectivity index (χ2v) is 6.68. The quantitative estimate of drug-likeness (QED) is 0.889. The number of nitrogens with one attached hydrogen (secondary N) is 1. The Labute approximate surface area is 118 Å². The SMILES string of the molecule is CC1(C)CC1CNc1snc(N)c1-c1ccccc1. The molecule has 0 bridgehead atoms. The predicted octanol–water partition coefficient (Wildman–Crippen LogP) is 3.85. The summed E-state index contributed by atoms with van der Waals surface area (Å²) in [5.41, 5.74) is 8.68. The van der Waals surface area contributed by atoms with Crippen molar-refractivity contribution in [1.29, 1.82) is 0 Å². The molecule has 1 aromatic heterocycles. The van der Waals surface area contributed by atoms with Crippen LogP contribution in [0, 0.1) is 11.3 Å². The van der Waals surface area contributed by atoms with Crippen molar-refractivity contribution in [2.24, 2.45) is 11.3 Å². The Kier molecular flexibility index (Phi) is 2.97. The van der Waals surface area contributed by atoms with Crippen LogP contribution in [0.2, 0.25) is 0 Å². The lowest BCUT2D eigenvalue weighted by Crippen LogP contribution is -2.06. The highest BCUT2D eigenvalue weighted by Crippen LogP contribution is 2.51. The van der Waals surface area contributed by atoms with Crippen LogP contribution in [0.1, 0.15) is 20.3 Å². The van der Waals surface area contributed by atoms with Gasteiger partial charge in [0.2, 0.25) is 0 Å². The molecule has 1 aromatic carbocycles. The number of hydrogen-bond acceptors (Lipinski definition) is 4. The Morgan fingerprint density at radius 1 is 1.37 bits per heavy atom. The van der Waals surface area contributed by atoms with Gasteiger partial charge in [-0.25, -0.2) is 0 Å². The van der Waals surface area contributed by atoms with E-state index in [4.69, 9.17) is 5.73 Å². The summed E-state index contributed by atoms with van der Waals surface area (Å²) in [6.45, 7) is 5.64. The summed E-state index contributed by atoms with van der Waals surface area (Å²) in [5, 5.41) is 4.62. The van der Waals surface area contributed by atoms with Crippen LogP contribution in [-0.4, -0.2) is 10.9 Å². The monoisotopic (exact) mass is 273 g/mol. The summed E-state index contributed by atoms with van der Waals surface area (Å²) < 4.78 is 4.28. The van der Waals surface area contributed by atoms with Crippen molar-refractivity contribution in [2.75, 3.05) is 17.6 Å². The van der Waals surface area contributed by atoms with Gasteiger partial charge in [0.15, 0.2) is 0 Å². The van der Waals surface area contributed by atoms with Crippen molar-refractivity contribution in [3.63, 3.8) is 0 Å². The van der Waals surface area contributed by atoms with Crippen LogP contribution in [0.5, 0.6) is 0 Å². The van der Waals surface area contributed by atoms with E-state index in [-0.39, 0.29) is 0 Å². The highest BCUT2D eigenvalue weighted by molar-refractivity contribution is 7.11. The van der Waals surface area contributed by atoms with Gasteiger partial charge in [-0.15, -0.1) is 0 Å². The number of aromatic nitrogens is 1. The zero-order chi connectivity index (χ0) is 13.5. The second-order valence-electron chi connectivity index (χ2n) is 5.91. The standard InChI is InChI=1S/C15H19N3S/c1-15(2)8-11(15)9-17-14-12(13(16)18-19-14)10-6-4-3-5-7-10/h3-7,11,17H,8-9H2,1-2H3,(H2,16,18). The molecule has 1 saturated carbocycles. The van der Waals surface area contributed by atoms with Gasteiger partial charge in [-0.1, -0.05) is 44.2 Å². The van der Waals surface area contributed by atoms with Gasteiger partial charge in [0, 0.05) is 6.54 Å². The smallest absolute Gasteiger partial charge is 0.147 e. The van der Waals surface area contributed by atoms with E-state index < -0.39 is 0 Å². The third-order valence-electron chi connectivity index (χ3n) is 4.01. The maximum absolute atomic E-state index is 6.01. The van der Waals surface area contributed by atoms with Crippen LogP contribution in [-0.2, 0) is 0 Å². The molecule has 3 nitrogen and oxygen atoms in total. The van der Waals surface area contributed by atoms with Gasteiger partial charge < -0.3 is 11.1 Å². The number of rotatable bonds is 4. The summed E-state index contributed by atoms with van der Waals surface area (Å²) in [4.78, 5) is 0. The molecule has 0 amide bonds. The number of nitrogen functional groups attached to an aromatic ring is 1. The van der Waals surface area contributed by atoms with Crippen molar-refractivity contribution in [1.82, 2.24) is 4.37 Å². The molecular formula is C15H19N3S. The van der Waals surface area contributed by atoms with E-state index in [1.54, 1.807) is 0 Å². The minimum Gasteiger partial charge on any atom is -0.382 e. The summed E-state index contributed by atoms with van der Waals surface area (Å²) >= 11 is 1.45. The molecular weight excluding hydrogens is 254 g/mol. The molecule has 1 aliphatic carbocycles. The molecule has 0 aliphatic heterocycles. The molecule has 0 saturated heterocycles. The first-order chi connectivity index (χ1) is 9.08. The number of benzene rings is 1. The van der Waals surface area contributed by atoms with Gasteiger partial charge in [0.05, 0.1) is 5.56 Å². The lowest BCUT2D eigenvalue weighted by molar-refractivity contribution is 0.573. The fourth-order valence-corrected chi connectivity index (χ4v) is 3.19. The average molecular weight is 273 g/mol. The maximum atomic E-state index is 6.01. The molecule has 3 rings (SSSR count). The van der Waals surface area contributed by atoms with E-state index in [9.17, 15) is 0 Å². The fourth-order valence-electron chi connectivity index (χ4n) is 2.45. The molecule has 3 N–H and O–H groups in total. The van der Waals surface area contributed by atoms with E-state index in [0.29, 0.717) is 11.2 Å². The zero-order valence-electron chi connectivity index (χ0n) is 11.3. The van der Waals surface area contributed by atoms with Crippen molar-refractivity contribution in [3.8, 4) is 11.1 Å². The lowest BCUT2D eigenvalue weighted by atomic mass is 10.1. The van der Waals surface area contributed by atoms with E-state index in [1.807, 2.05) is 18.2 Å². The average Bonchev–Trinajstić information content (AvgIpc) is 2.84. The minimum absolute atomic E-state index is 0.496. The van der Waals surface area contributed by atoms with Gasteiger partial charge in [-0.05, 0) is 34.8 Å². The third kappa shape index (κ3) is 2.45. The van der Waals surface area contributed by atoms with E-state index >= 15 is 0 Å². The number of anilines is 2. The van der Waals surface area contributed by atoms with Gasteiger partial charge in [0.1, 0.15) is 10.8 Å². The van der Waals surface area contributed by atoms with Crippen LogP contribution >= 0.6 is 11.5 Å².